The maximum absolute atomic E-state index is 11.5. The second-order valence-electron chi connectivity index (χ2n) is 8.20. The van der Waals surface area contributed by atoms with E-state index in [0.29, 0.717) is 12.1 Å². The molecule has 0 bridgehead atoms. The van der Waals surface area contributed by atoms with E-state index in [1.54, 1.807) is 0 Å². The Morgan fingerprint density at radius 2 is 2.04 bits per heavy atom. The van der Waals surface area contributed by atoms with Crippen LogP contribution in [0.4, 0.5) is 5.69 Å². The zero-order valence-electron chi connectivity index (χ0n) is 16.0. The Morgan fingerprint density at radius 1 is 1.27 bits per heavy atom. The van der Waals surface area contributed by atoms with Crippen molar-refractivity contribution in [2.75, 3.05) is 11.9 Å². The van der Waals surface area contributed by atoms with E-state index in [9.17, 15) is 4.79 Å². The molecule has 2 aromatic rings. The maximum atomic E-state index is 11.5. The van der Waals surface area contributed by atoms with Gasteiger partial charge in [-0.25, -0.2) is 0 Å². The number of hydrogen-bond acceptors (Lipinski definition) is 4. The third-order valence-corrected chi connectivity index (χ3v) is 5.57. The van der Waals surface area contributed by atoms with E-state index >= 15 is 0 Å². The minimum absolute atomic E-state index is 0.498. The highest BCUT2D eigenvalue weighted by Gasteiger charge is 2.30. The molecule has 4 rings (SSSR count). The zero-order chi connectivity index (χ0) is 18.5. The first-order valence-corrected chi connectivity index (χ1v) is 9.48. The van der Waals surface area contributed by atoms with Crippen molar-refractivity contribution in [2.45, 2.75) is 64.1 Å². The highest BCUT2D eigenvalue weighted by molar-refractivity contribution is 5.78. The summed E-state index contributed by atoms with van der Waals surface area (Å²) < 4.78 is 8.33. The van der Waals surface area contributed by atoms with Crippen LogP contribution in [-0.4, -0.2) is 34.8 Å². The number of fused-ring (bicyclic) bond motifs is 1. The minimum Gasteiger partial charge on any atom is -0.479 e. The number of carbonyl (C=O) groups is 1. The summed E-state index contributed by atoms with van der Waals surface area (Å²) in [6.07, 6.45) is 9.33. The molecule has 5 nitrogen and oxygen atoms in total. The quantitative estimate of drug-likeness (QED) is 0.762. The molecule has 1 saturated carbocycles. The summed E-state index contributed by atoms with van der Waals surface area (Å²) in [5.74, 6) is 0.827. The number of aldehydes is 1. The molecule has 138 valence electrons. The molecule has 1 aromatic carbocycles. The second-order valence-corrected chi connectivity index (χ2v) is 8.20. The lowest BCUT2D eigenvalue weighted by atomic mass is 9.92. The number of rotatable bonds is 5. The summed E-state index contributed by atoms with van der Waals surface area (Å²) in [5.41, 5.74) is 3.60. The van der Waals surface area contributed by atoms with E-state index < -0.39 is 5.60 Å². The summed E-state index contributed by atoms with van der Waals surface area (Å²) in [5, 5.41) is 4.53. The zero-order valence-corrected chi connectivity index (χ0v) is 16.0. The van der Waals surface area contributed by atoms with Gasteiger partial charge < -0.3 is 9.64 Å². The smallest absolute Gasteiger partial charge is 0.162 e. The molecule has 0 radical (unpaired) electrons. The number of anilines is 1. The Balaban J connectivity index is 1.83. The summed E-state index contributed by atoms with van der Waals surface area (Å²) in [4.78, 5) is 13.8. The van der Waals surface area contributed by atoms with E-state index in [2.05, 4.69) is 47.0 Å². The van der Waals surface area contributed by atoms with Gasteiger partial charge in [-0.1, -0.05) is 0 Å². The first-order chi connectivity index (χ1) is 12.4. The van der Waals surface area contributed by atoms with E-state index in [-0.39, 0.29) is 0 Å². The average molecular weight is 353 g/mol. The lowest BCUT2D eigenvalue weighted by Crippen LogP contribution is -2.35. The molecule has 26 heavy (non-hydrogen) atoms. The van der Waals surface area contributed by atoms with Crippen LogP contribution < -0.4 is 9.64 Å². The highest BCUT2D eigenvalue weighted by Crippen LogP contribution is 2.44. The fourth-order valence-corrected chi connectivity index (χ4v) is 3.62. The minimum atomic E-state index is -0.863. The molecule has 0 N–H and O–H groups in total. The van der Waals surface area contributed by atoms with E-state index in [1.165, 1.54) is 24.1 Å². The number of nitrogens with zero attached hydrogens (tertiary/aromatic N) is 3. The Kier molecular flexibility index (Phi) is 4.05. The second kappa shape index (κ2) is 6.15. The van der Waals surface area contributed by atoms with Crippen molar-refractivity contribution in [3.05, 3.63) is 30.1 Å². The molecule has 2 aliphatic rings. The van der Waals surface area contributed by atoms with Gasteiger partial charge in [0.1, 0.15) is 5.75 Å². The molecular weight excluding hydrogens is 326 g/mol. The van der Waals surface area contributed by atoms with Crippen LogP contribution in [0.15, 0.2) is 24.5 Å². The Morgan fingerprint density at radius 3 is 2.73 bits per heavy atom. The van der Waals surface area contributed by atoms with Gasteiger partial charge >= 0.3 is 0 Å². The lowest BCUT2D eigenvalue weighted by Gasteiger charge is -2.36. The average Bonchev–Trinajstić information content (AvgIpc) is 3.36. The third-order valence-electron chi connectivity index (χ3n) is 5.57. The standard InChI is InChI=1S/C21H27N3O2/c1-14-5-8-18-19(23(14)4)10-9-17(20(18)26-21(2,3)13-25)15-11-22-24(12-15)16-6-7-16/h9-14,16H,5-8H2,1-4H3. The monoisotopic (exact) mass is 353 g/mol. The maximum Gasteiger partial charge on any atom is 0.162 e. The van der Waals surface area contributed by atoms with Crippen LogP contribution in [0.25, 0.3) is 11.1 Å². The summed E-state index contributed by atoms with van der Waals surface area (Å²) in [6.45, 7) is 5.87. The van der Waals surface area contributed by atoms with Gasteiger partial charge in [0.2, 0.25) is 0 Å². The fourth-order valence-electron chi connectivity index (χ4n) is 3.62. The van der Waals surface area contributed by atoms with Crippen LogP contribution in [0.2, 0.25) is 0 Å². The number of hydrogen-bond donors (Lipinski definition) is 0. The molecule has 0 amide bonds. The largest absolute Gasteiger partial charge is 0.479 e. The van der Waals surface area contributed by atoms with Crippen LogP contribution in [-0.2, 0) is 11.2 Å². The molecule has 1 atom stereocenters. The van der Waals surface area contributed by atoms with E-state index in [1.807, 2.05) is 20.0 Å². The van der Waals surface area contributed by atoms with Crippen LogP contribution in [0.5, 0.6) is 5.75 Å². The highest BCUT2D eigenvalue weighted by atomic mass is 16.5. The van der Waals surface area contributed by atoms with Gasteiger partial charge in [-0.3, -0.25) is 9.48 Å². The molecule has 1 aromatic heterocycles. The normalized spacial score (nSPS) is 20.0. The molecule has 0 saturated heterocycles. The molecule has 1 fully saturated rings. The van der Waals surface area contributed by atoms with Crippen LogP contribution in [0.1, 0.15) is 51.6 Å². The third kappa shape index (κ3) is 3.00. The number of aromatic nitrogens is 2. The fraction of sp³-hybridized carbons (Fsp3) is 0.524. The lowest BCUT2D eigenvalue weighted by molar-refractivity contribution is -0.119. The van der Waals surface area contributed by atoms with Gasteiger partial charge in [0.25, 0.3) is 0 Å². The van der Waals surface area contributed by atoms with Gasteiger partial charge in [0, 0.05) is 41.7 Å². The number of carbonyl (C=O) groups excluding carboxylic acids is 1. The molecule has 1 aliphatic carbocycles. The summed E-state index contributed by atoms with van der Waals surface area (Å²) >= 11 is 0. The van der Waals surface area contributed by atoms with Crippen molar-refractivity contribution >= 4 is 12.0 Å². The topological polar surface area (TPSA) is 47.4 Å². The first kappa shape index (κ1) is 17.1. The predicted octanol–water partition coefficient (Wildman–Crippen LogP) is 4.01. The first-order valence-electron chi connectivity index (χ1n) is 9.48. The van der Waals surface area contributed by atoms with Crippen molar-refractivity contribution in [3.63, 3.8) is 0 Å². The van der Waals surface area contributed by atoms with Gasteiger partial charge in [-0.2, -0.15) is 5.10 Å². The number of ether oxygens (including phenoxy) is 1. The number of benzene rings is 1. The van der Waals surface area contributed by atoms with Crippen LogP contribution >= 0.6 is 0 Å². The van der Waals surface area contributed by atoms with Crippen LogP contribution in [0.3, 0.4) is 0 Å². The molecule has 1 aliphatic heterocycles. The summed E-state index contributed by atoms with van der Waals surface area (Å²) in [6, 6.07) is 5.33. The van der Waals surface area contributed by atoms with Gasteiger partial charge in [0.05, 0.1) is 12.2 Å². The Bertz CT molecular complexity index is 836. The summed E-state index contributed by atoms with van der Waals surface area (Å²) in [7, 11) is 2.13. The molecule has 5 heteroatoms. The van der Waals surface area contributed by atoms with E-state index in [4.69, 9.17) is 4.74 Å². The van der Waals surface area contributed by atoms with Gasteiger partial charge in [-0.05, 0) is 58.6 Å². The van der Waals surface area contributed by atoms with Gasteiger partial charge in [-0.15, -0.1) is 0 Å². The van der Waals surface area contributed by atoms with Crippen molar-refractivity contribution < 1.29 is 9.53 Å². The van der Waals surface area contributed by atoms with Crippen molar-refractivity contribution in [2.24, 2.45) is 0 Å². The van der Waals surface area contributed by atoms with E-state index in [0.717, 1.165) is 36.0 Å². The van der Waals surface area contributed by atoms with Crippen molar-refractivity contribution in [1.82, 2.24) is 9.78 Å². The molecular formula is C21H27N3O2. The Labute approximate surface area is 154 Å². The SMILES string of the molecule is CC1CCc2c(ccc(-c3cnn(C4CC4)c3)c2OC(C)(C)C=O)N1C. The molecule has 1 unspecified atom stereocenters. The Hall–Kier alpha value is -2.30. The van der Waals surface area contributed by atoms with Crippen LogP contribution in [0, 0.1) is 0 Å². The van der Waals surface area contributed by atoms with Crippen molar-refractivity contribution in [3.8, 4) is 16.9 Å². The molecule has 0 spiro atoms. The van der Waals surface area contributed by atoms with Crippen molar-refractivity contribution in [1.29, 1.82) is 0 Å². The predicted molar refractivity (Wildman–Crippen MR) is 103 cm³/mol. The van der Waals surface area contributed by atoms with Gasteiger partial charge in [0.15, 0.2) is 11.9 Å². The molecule has 2 heterocycles.